The standard InChI is InChI=1S/C21H18Cl2N6OS/c1-11-8-12(2)25-21(24-11)31-10-18-27-15-9-13(4-6-16(15)29(18)3)26-20(30)14-5-7-17(22)28-19(14)23/h4-9H,10H2,1-3H3,(H,26,30). The van der Waals surface area contributed by atoms with Crippen molar-refractivity contribution < 1.29 is 4.79 Å². The summed E-state index contributed by atoms with van der Waals surface area (Å²) >= 11 is 13.4. The van der Waals surface area contributed by atoms with Crippen LogP contribution in [0.25, 0.3) is 11.0 Å². The molecule has 0 spiro atoms. The zero-order valence-corrected chi connectivity index (χ0v) is 19.3. The van der Waals surface area contributed by atoms with Gasteiger partial charge in [0.1, 0.15) is 16.1 Å². The third kappa shape index (κ3) is 4.81. The summed E-state index contributed by atoms with van der Waals surface area (Å²) in [6.07, 6.45) is 0. The second-order valence-corrected chi connectivity index (χ2v) is 8.63. The first-order valence-electron chi connectivity index (χ1n) is 9.34. The summed E-state index contributed by atoms with van der Waals surface area (Å²) in [6.45, 7) is 3.91. The number of aromatic nitrogens is 5. The Bertz CT molecular complexity index is 1290. The molecule has 0 unspecified atom stereocenters. The second kappa shape index (κ2) is 8.82. The van der Waals surface area contributed by atoms with Crippen LogP contribution in [-0.2, 0) is 12.8 Å². The normalized spacial score (nSPS) is 11.1. The maximum atomic E-state index is 12.5. The van der Waals surface area contributed by atoms with Gasteiger partial charge in [-0.25, -0.2) is 19.9 Å². The number of pyridine rings is 1. The summed E-state index contributed by atoms with van der Waals surface area (Å²) < 4.78 is 2.02. The van der Waals surface area contributed by atoms with E-state index in [0.29, 0.717) is 11.4 Å². The number of halogens is 2. The third-order valence-electron chi connectivity index (χ3n) is 4.58. The molecule has 3 aromatic heterocycles. The average Bonchev–Trinajstić information content (AvgIpc) is 3.00. The minimum absolute atomic E-state index is 0.0526. The van der Waals surface area contributed by atoms with E-state index in [2.05, 4.69) is 20.3 Å². The number of thioether (sulfide) groups is 1. The molecule has 4 aromatic rings. The van der Waals surface area contributed by atoms with Crippen molar-refractivity contribution in [2.24, 2.45) is 7.05 Å². The van der Waals surface area contributed by atoms with Crippen LogP contribution in [0.15, 0.2) is 41.6 Å². The highest BCUT2D eigenvalue weighted by Gasteiger charge is 2.14. The molecular weight excluding hydrogens is 455 g/mol. The van der Waals surface area contributed by atoms with Crippen LogP contribution < -0.4 is 5.32 Å². The van der Waals surface area contributed by atoms with Crippen molar-refractivity contribution in [2.75, 3.05) is 5.32 Å². The Morgan fingerprint density at radius 3 is 2.48 bits per heavy atom. The van der Waals surface area contributed by atoms with Crippen molar-refractivity contribution >= 4 is 57.6 Å². The number of nitrogens with one attached hydrogen (secondary N) is 1. The predicted octanol–water partition coefficient (Wildman–Crippen LogP) is 5.23. The quantitative estimate of drug-likeness (QED) is 0.243. The van der Waals surface area contributed by atoms with Gasteiger partial charge < -0.3 is 9.88 Å². The lowest BCUT2D eigenvalue weighted by Crippen LogP contribution is -2.13. The first-order valence-corrected chi connectivity index (χ1v) is 11.1. The molecule has 3 heterocycles. The number of anilines is 1. The number of carbonyl (C=O) groups is 1. The monoisotopic (exact) mass is 472 g/mol. The lowest BCUT2D eigenvalue weighted by atomic mass is 10.2. The van der Waals surface area contributed by atoms with Crippen molar-refractivity contribution in [3.63, 3.8) is 0 Å². The summed E-state index contributed by atoms with van der Waals surface area (Å²) in [4.78, 5) is 30.1. The molecule has 0 aliphatic heterocycles. The number of fused-ring (bicyclic) bond motifs is 1. The van der Waals surface area contributed by atoms with Crippen LogP contribution in [0.5, 0.6) is 0 Å². The molecule has 158 valence electrons. The van der Waals surface area contributed by atoms with Crippen molar-refractivity contribution in [2.45, 2.75) is 24.8 Å². The molecule has 4 rings (SSSR count). The van der Waals surface area contributed by atoms with Gasteiger partial charge in [0.15, 0.2) is 5.16 Å². The Kier molecular flexibility index (Phi) is 6.13. The molecule has 0 aliphatic carbocycles. The summed E-state index contributed by atoms with van der Waals surface area (Å²) in [5, 5.41) is 3.84. The zero-order chi connectivity index (χ0) is 22.1. The fourth-order valence-corrected chi connectivity index (χ4v) is 4.49. The molecule has 0 fully saturated rings. The molecule has 0 saturated carbocycles. The molecule has 1 aromatic carbocycles. The Balaban J connectivity index is 1.53. The summed E-state index contributed by atoms with van der Waals surface area (Å²) in [7, 11) is 1.96. The van der Waals surface area contributed by atoms with Crippen LogP contribution in [0.2, 0.25) is 10.3 Å². The maximum absolute atomic E-state index is 12.5. The molecule has 1 amide bonds. The van der Waals surface area contributed by atoms with E-state index in [-0.39, 0.29) is 21.8 Å². The first-order chi connectivity index (χ1) is 14.8. The lowest BCUT2D eigenvalue weighted by molar-refractivity contribution is 0.102. The molecule has 0 atom stereocenters. The van der Waals surface area contributed by atoms with Gasteiger partial charge in [0, 0.05) is 24.1 Å². The molecular formula is C21H18Cl2N6OS. The number of benzene rings is 1. The number of nitrogens with zero attached hydrogens (tertiary/aromatic N) is 5. The third-order valence-corrected chi connectivity index (χ3v) is 5.92. The van der Waals surface area contributed by atoms with E-state index in [9.17, 15) is 4.79 Å². The van der Waals surface area contributed by atoms with Crippen LogP contribution in [0, 0.1) is 13.8 Å². The van der Waals surface area contributed by atoms with E-state index in [4.69, 9.17) is 28.2 Å². The van der Waals surface area contributed by atoms with Crippen molar-refractivity contribution in [1.82, 2.24) is 24.5 Å². The number of amides is 1. The van der Waals surface area contributed by atoms with E-state index in [1.54, 1.807) is 0 Å². The van der Waals surface area contributed by atoms with Crippen LogP contribution in [-0.4, -0.2) is 30.4 Å². The fraction of sp³-hybridized carbons (Fsp3) is 0.190. The topological polar surface area (TPSA) is 85.6 Å². The van der Waals surface area contributed by atoms with Crippen molar-refractivity contribution in [1.29, 1.82) is 0 Å². The van der Waals surface area contributed by atoms with Gasteiger partial charge in [-0.05, 0) is 50.2 Å². The van der Waals surface area contributed by atoms with Gasteiger partial charge in [0.25, 0.3) is 5.91 Å². The van der Waals surface area contributed by atoms with Gasteiger partial charge in [-0.2, -0.15) is 0 Å². The molecule has 10 heteroatoms. The molecule has 0 bridgehead atoms. The molecule has 1 N–H and O–H groups in total. The number of hydrogen-bond acceptors (Lipinski definition) is 6. The van der Waals surface area contributed by atoms with Crippen LogP contribution in [0.1, 0.15) is 27.6 Å². The molecule has 7 nitrogen and oxygen atoms in total. The Labute approximate surface area is 193 Å². The molecule has 31 heavy (non-hydrogen) atoms. The average molecular weight is 473 g/mol. The van der Waals surface area contributed by atoms with E-state index in [1.807, 2.05) is 49.7 Å². The van der Waals surface area contributed by atoms with Crippen LogP contribution in [0.4, 0.5) is 5.69 Å². The first kappa shape index (κ1) is 21.5. The van der Waals surface area contributed by atoms with Crippen LogP contribution in [0.3, 0.4) is 0 Å². The summed E-state index contributed by atoms with van der Waals surface area (Å²) in [5.41, 5.74) is 4.47. The highest BCUT2D eigenvalue weighted by atomic mass is 35.5. The highest BCUT2D eigenvalue weighted by molar-refractivity contribution is 7.98. The number of aryl methyl sites for hydroxylation is 3. The Morgan fingerprint density at radius 1 is 1.03 bits per heavy atom. The van der Waals surface area contributed by atoms with Gasteiger partial charge in [0.2, 0.25) is 0 Å². The molecule has 0 aliphatic rings. The Morgan fingerprint density at radius 2 is 1.77 bits per heavy atom. The van der Waals surface area contributed by atoms with Crippen LogP contribution >= 0.6 is 35.0 Å². The van der Waals surface area contributed by atoms with E-state index >= 15 is 0 Å². The minimum Gasteiger partial charge on any atom is -0.330 e. The van der Waals surface area contributed by atoms with Gasteiger partial charge in [-0.3, -0.25) is 4.79 Å². The Hall–Kier alpha value is -2.68. The summed E-state index contributed by atoms with van der Waals surface area (Å²) in [6, 6.07) is 10.6. The fourth-order valence-electron chi connectivity index (χ4n) is 3.12. The smallest absolute Gasteiger partial charge is 0.258 e. The van der Waals surface area contributed by atoms with Gasteiger partial charge in [0.05, 0.1) is 22.3 Å². The maximum Gasteiger partial charge on any atom is 0.258 e. The van der Waals surface area contributed by atoms with Gasteiger partial charge in [-0.15, -0.1) is 0 Å². The SMILES string of the molecule is Cc1cc(C)nc(SCc2nc3cc(NC(=O)c4ccc(Cl)nc4Cl)ccc3n2C)n1. The van der Waals surface area contributed by atoms with Gasteiger partial charge >= 0.3 is 0 Å². The summed E-state index contributed by atoms with van der Waals surface area (Å²) in [5.74, 6) is 1.14. The highest BCUT2D eigenvalue weighted by Crippen LogP contribution is 2.25. The number of rotatable bonds is 5. The predicted molar refractivity (Wildman–Crippen MR) is 124 cm³/mol. The minimum atomic E-state index is -0.368. The number of hydrogen-bond donors (Lipinski definition) is 1. The van der Waals surface area contributed by atoms with E-state index in [1.165, 1.54) is 23.9 Å². The zero-order valence-electron chi connectivity index (χ0n) is 17.0. The number of imidazole rings is 1. The number of carbonyl (C=O) groups excluding carboxylic acids is 1. The lowest BCUT2D eigenvalue weighted by Gasteiger charge is -2.07. The largest absolute Gasteiger partial charge is 0.330 e. The molecule has 0 saturated heterocycles. The van der Waals surface area contributed by atoms with Crippen molar-refractivity contribution in [3.8, 4) is 0 Å². The van der Waals surface area contributed by atoms with E-state index < -0.39 is 0 Å². The van der Waals surface area contributed by atoms with Gasteiger partial charge in [-0.1, -0.05) is 35.0 Å². The van der Waals surface area contributed by atoms with E-state index in [0.717, 1.165) is 33.4 Å². The van der Waals surface area contributed by atoms with Crippen molar-refractivity contribution in [3.05, 3.63) is 69.5 Å². The second-order valence-electron chi connectivity index (χ2n) is 6.94. The molecule has 0 radical (unpaired) electrons.